The molecule has 0 N–H and O–H groups in total. The standard InChI is InChI=1S/C36H57O3P.O2S/c1-7-24(2)18-30-22-31(34(28(30)6)21-29-12-9-8-10-13-29)23-36-27(5)25(3)19-33(39-36)15-16-35-26(4)20-32(38-35)14-11-17-37-40;1-3-2/h8-10,12-13,24-25,28,30-36H,4-5,7,11,14-23,40H2,1-3,6H3;/t24-,25-,28+,30+,31?,32+,33?,34-,35+,36-;/m1./s1. The van der Waals surface area contributed by atoms with Gasteiger partial charge >= 0.3 is 11.6 Å². The zero-order valence-corrected chi connectivity index (χ0v) is 29.1. The van der Waals surface area contributed by atoms with Gasteiger partial charge in [0.1, 0.15) is 0 Å². The summed E-state index contributed by atoms with van der Waals surface area (Å²) in [4.78, 5) is 0. The van der Waals surface area contributed by atoms with Crippen LogP contribution in [0.4, 0.5) is 0 Å². The topological polar surface area (TPSA) is 61.8 Å². The van der Waals surface area contributed by atoms with Crippen LogP contribution in [0, 0.1) is 35.5 Å². The molecule has 0 bridgehead atoms. The third-order valence-corrected chi connectivity index (χ3v) is 11.0. The lowest BCUT2D eigenvalue weighted by Crippen LogP contribution is -2.36. The van der Waals surface area contributed by atoms with E-state index in [-0.39, 0.29) is 18.3 Å². The molecule has 1 aromatic rings. The molecule has 0 amide bonds. The molecule has 7 heteroatoms. The van der Waals surface area contributed by atoms with Gasteiger partial charge in [0, 0.05) is 9.47 Å². The lowest BCUT2D eigenvalue weighted by molar-refractivity contribution is -0.0552. The molecule has 2 aliphatic heterocycles. The Kier molecular flexibility index (Phi) is 15.8. The van der Waals surface area contributed by atoms with Crippen molar-refractivity contribution in [1.82, 2.24) is 0 Å². The fourth-order valence-corrected chi connectivity index (χ4v) is 8.11. The Labute approximate surface area is 267 Å². The molecule has 11 atom stereocenters. The van der Waals surface area contributed by atoms with Gasteiger partial charge in [-0.05, 0) is 116 Å². The second kappa shape index (κ2) is 18.7. The minimum atomic E-state index is -0.750. The number of benzene rings is 1. The Morgan fingerprint density at radius 3 is 2.37 bits per heavy atom. The summed E-state index contributed by atoms with van der Waals surface area (Å²) in [6.45, 7) is 19.4. The maximum atomic E-state index is 8.29. The zero-order chi connectivity index (χ0) is 31.4. The van der Waals surface area contributed by atoms with E-state index in [1.165, 1.54) is 42.4 Å². The van der Waals surface area contributed by atoms with Crippen LogP contribution in [0.3, 0.4) is 0 Å². The molecule has 1 aromatic carbocycles. The molecule has 3 fully saturated rings. The van der Waals surface area contributed by atoms with Gasteiger partial charge in [0.25, 0.3) is 0 Å². The van der Waals surface area contributed by atoms with Crippen molar-refractivity contribution in [3.05, 3.63) is 60.2 Å². The van der Waals surface area contributed by atoms with E-state index >= 15 is 0 Å². The number of rotatable bonds is 14. The van der Waals surface area contributed by atoms with Crippen LogP contribution >= 0.6 is 9.47 Å². The molecule has 4 rings (SSSR count). The number of hydrogen-bond donors (Lipinski definition) is 0. The Hall–Kier alpha value is -1.17. The highest BCUT2D eigenvalue weighted by molar-refractivity contribution is 7.51. The fraction of sp³-hybridized carbons (Fsp3) is 0.722. The van der Waals surface area contributed by atoms with Crippen molar-refractivity contribution < 1.29 is 22.4 Å². The van der Waals surface area contributed by atoms with Crippen molar-refractivity contribution in [3.8, 4) is 0 Å². The van der Waals surface area contributed by atoms with Crippen LogP contribution in [0.1, 0.15) is 97.5 Å². The molecule has 0 radical (unpaired) electrons. The monoisotopic (exact) mass is 632 g/mol. The highest BCUT2D eigenvalue weighted by Gasteiger charge is 2.43. The van der Waals surface area contributed by atoms with E-state index in [2.05, 4.69) is 80.7 Å². The summed E-state index contributed by atoms with van der Waals surface area (Å²) in [5.41, 5.74) is 4.07. The van der Waals surface area contributed by atoms with Crippen LogP contribution in [0.5, 0.6) is 0 Å². The molecule has 2 heterocycles. The lowest BCUT2D eigenvalue weighted by Gasteiger charge is -2.38. The maximum Gasteiger partial charge on any atom is 0.335 e. The van der Waals surface area contributed by atoms with Crippen LogP contribution in [0.15, 0.2) is 54.6 Å². The Balaban J connectivity index is 0.00000162. The average Bonchev–Trinajstić information content (AvgIpc) is 3.48. The van der Waals surface area contributed by atoms with Gasteiger partial charge in [0.2, 0.25) is 0 Å². The summed E-state index contributed by atoms with van der Waals surface area (Å²) in [5, 5.41) is 0. The van der Waals surface area contributed by atoms with E-state index in [0.717, 1.165) is 69.3 Å². The summed E-state index contributed by atoms with van der Waals surface area (Å²) in [6.07, 6.45) is 13.4. The average molecular weight is 633 g/mol. The quantitative estimate of drug-likeness (QED) is 0.117. The van der Waals surface area contributed by atoms with Gasteiger partial charge in [-0.1, -0.05) is 77.6 Å². The first-order chi connectivity index (χ1) is 20.7. The molecule has 1 saturated carbocycles. The molecule has 43 heavy (non-hydrogen) atoms. The Morgan fingerprint density at radius 1 is 1.00 bits per heavy atom. The predicted molar refractivity (Wildman–Crippen MR) is 180 cm³/mol. The first-order valence-corrected chi connectivity index (χ1v) is 17.8. The van der Waals surface area contributed by atoms with Crippen LogP contribution in [0.25, 0.3) is 0 Å². The lowest BCUT2D eigenvalue weighted by atomic mass is 9.78. The molecule has 1 aliphatic carbocycles. The largest absolute Gasteiger partial charge is 0.371 e. The Bertz CT molecular complexity index is 1030. The molecular weight excluding hydrogens is 575 g/mol. The van der Waals surface area contributed by atoms with Crippen molar-refractivity contribution >= 4 is 21.0 Å². The number of hydrogen-bond acceptors (Lipinski definition) is 5. The molecule has 3 unspecified atom stereocenters. The second-order valence-corrected chi connectivity index (χ2v) is 14.1. The molecule has 5 nitrogen and oxygen atoms in total. The molecule has 0 spiro atoms. The third-order valence-electron chi connectivity index (χ3n) is 10.7. The van der Waals surface area contributed by atoms with Crippen LogP contribution in [-0.2, 0) is 32.0 Å². The molecule has 3 aliphatic rings. The van der Waals surface area contributed by atoms with Crippen molar-refractivity contribution in [2.75, 3.05) is 6.61 Å². The normalized spacial score (nSPS) is 33.2. The van der Waals surface area contributed by atoms with Crippen LogP contribution < -0.4 is 0 Å². The van der Waals surface area contributed by atoms with E-state index in [0.29, 0.717) is 23.9 Å². The summed E-state index contributed by atoms with van der Waals surface area (Å²) < 4.78 is 35.0. The minimum absolute atomic E-state index is 0.177. The highest BCUT2D eigenvalue weighted by Crippen LogP contribution is 2.49. The summed E-state index contributed by atoms with van der Waals surface area (Å²) in [5.74, 6) is 4.30. The van der Waals surface area contributed by atoms with Gasteiger partial charge in [-0.15, -0.1) is 0 Å². The van der Waals surface area contributed by atoms with E-state index in [4.69, 9.17) is 22.4 Å². The fourth-order valence-electron chi connectivity index (χ4n) is 7.94. The molecule has 2 saturated heterocycles. The van der Waals surface area contributed by atoms with E-state index in [1.54, 1.807) is 0 Å². The van der Waals surface area contributed by atoms with Gasteiger partial charge in [-0.3, -0.25) is 0 Å². The summed E-state index contributed by atoms with van der Waals surface area (Å²) in [7, 11) is 2.34. The highest BCUT2D eigenvalue weighted by atomic mass is 32.1. The van der Waals surface area contributed by atoms with Crippen molar-refractivity contribution in [2.45, 2.75) is 123 Å². The van der Waals surface area contributed by atoms with Gasteiger partial charge in [-0.25, -0.2) is 0 Å². The maximum absolute atomic E-state index is 8.29. The Morgan fingerprint density at radius 2 is 1.70 bits per heavy atom. The van der Waals surface area contributed by atoms with Crippen molar-refractivity contribution in [2.24, 2.45) is 35.5 Å². The van der Waals surface area contributed by atoms with Crippen molar-refractivity contribution in [1.29, 1.82) is 0 Å². The minimum Gasteiger partial charge on any atom is -0.371 e. The van der Waals surface area contributed by atoms with Gasteiger partial charge < -0.3 is 14.0 Å². The SMILES string of the molecule is C=C1C[C@H](CCCOP)O[C@H]1CCC1C[C@@H](C)C(=C)[C@@H](CC2C[C@H](C[C@H](C)CC)[C@H](C)[C@H]2Cc2ccccc2)O1.O=S=O. The predicted octanol–water partition coefficient (Wildman–Crippen LogP) is 8.70. The number of ether oxygens (including phenoxy) is 2. The molecule has 0 aromatic heterocycles. The van der Waals surface area contributed by atoms with E-state index in [9.17, 15) is 0 Å². The van der Waals surface area contributed by atoms with Gasteiger partial charge in [0.15, 0.2) is 0 Å². The zero-order valence-electron chi connectivity index (χ0n) is 27.1. The van der Waals surface area contributed by atoms with Gasteiger partial charge in [-0.2, -0.15) is 8.42 Å². The second-order valence-electron chi connectivity index (χ2n) is 13.7. The summed E-state index contributed by atoms with van der Waals surface area (Å²) in [6, 6.07) is 11.2. The smallest absolute Gasteiger partial charge is 0.335 e. The molecule has 242 valence electrons. The van der Waals surface area contributed by atoms with Gasteiger partial charge in [0.05, 0.1) is 31.0 Å². The van der Waals surface area contributed by atoms with E-state index in [1.807, 2.05) is 0 Å². The first-order valence-electron chi connectivity index (χ1n) is 16.6. The van der Waals surface area contributed by atoms with Crippen LogP contribution in [-0.4, -0.2) is 39.4 Å². The first kappa shape index (κ1) is 36.3. The van der Waals surface area contributed by atoms with Crippen LogP contribution in [0.2, 0.25) is 0 Å². The summed E-state index contributed by atoms with van der Waals surface area (Å²) >= 11 is -0.750. The molecular formula is C36H57O5PS. The third kappa shape index (κ3) is 11.0. The van der Waals surface area contributed by atoms with E-state index < -0.39 is 11.6 Å². The van der Waals surface area contributed by atoms with Crippen molar-refractivity contribution in [3.63, 3.8) is 0 Å².